The summed E-state index contributed by atoms with van der Waals surface area (Å²) in [6.45, 7) is 4.55. The van der Waals surface area contributed by atoms with Gasteiger partial charge in [0.05, 0.1) is 23.2 Å². The van der Waals surface area contributed by atoms with Crippen LogP contribution in [0, 0.1) is 12.3 Å². The van der Waals surface area contributed by atoms with E-state index >= 15 is 0 Å². The molecule has 0 aromatic heterocycles. The summed E-state index contributed by atoms with van der Waals surface area (Å²) in [6.07, 6.45) is 0.592. The van der Waals surface area contributed by atoms with E-state index in [-0.39, 0.29) is 12.0 Å². The zero-order valence-corrected chi connectivity index (χ0v) is 13.2. The molecule has 21 heavy (non-hydrogen) atoms. The molecular formula is C15H19ClN2O3. The lowest BCUT2D eigenvalue weighted by Gasteiger charge is -2.22. The van der Waals surface area contributed by atoms with E-state index in [2.05, 4.69) is 5.32 Å². The third kappa shape index (κ3) is 3.13. The van der Waals surface area contributed by atoms with Crippen LogP contribution in [-0.4, -0.2) is 37.1 Å². The first-order chi connectivity index (χ1) is 9.87. The van der Waals surface area contributed by atoms with Crippen LogP contribution >= 0.6 is 11.6 Å². The maximum absolute atomic E-state index is 12.3. The van der Waals surface area contributed by atoms with Crippen LogP contribution in [0.3, 0.4) is 0 Å². The number of amides is 2. The minimum absolute atomic E-state index is 0.255. The van der Waals surface area contributed by atoms with Crippen LogP contribution in [0.2, 0.25) is 5.02 Å². The monoisotopic (exact) mass is 310 g/mol. The molecule has 0 aliphatic carbocycles. The van der Waals surface area contributed by atoms with Gasteiger partial charge in [-0.3, -0.25) is 4.79 Å². The van der Waals surface area contributed by atoms with Crippen molar-refractivity contribution in [1.82, 2.24) is 4.90 Å². The Morgan fingerprint density at radius 1 is 1.43 bits per heavy atom. The number of nitrogens with zero attached hydrogens (tertiary/aromatic N) is 1. The number of nitrogens with one attached hydrogen (secondary N) is 1. The Kier molecular flexibility index (Phi) is 4.42. The molecule has 1 fully saturated rings. The molecule has 1 unspecified atom stereocenters. The number of hydrogen-bond donors (Lipinski definition) is 1. The van der Waals surface area contributed by atoms with Crippen LogP contribution < -0.4 is 5.32 Å². The van der Waals surface area contributed by atoms with Crippen molar-refractivity contribution in [3.63, 3.8) is 0 Å². The molecule has 1 aliphatic rings. The van der Waals surface area contributed by atoms with Crippen LogP contribution in [-0.2, 0) is 9.53 Å². The predicted molar refractivity (Wildman–Crippen MR) is 81.5 cm³/mol. The summed E-state index contributed by atoms with van der Waals surface area (Å²) in [6, 6.07) is 5.21. The lowest BCUT2D eigenvalue weighted by atomic mass is 9.90. The summed E-state index contributed by atoms with van der Waals surface area (Å²) in [5.74, 6) is -0.286. The number of esters is 1. The summed E-state index contributed by atoms with van der Waals surface area (Å²) < 4.78 is 4.80. The van der Waals surface area contributed by atoms with Crippen molar-refractivity contribution in [3.8, 4) is 0 Å². The van der Waals surface area contributed by atoms with Gasteiger partial charge in [0.1, 0.15) is 0 Å². The normalized spacial score (nSPS) is 21.2. The van der Waals surface area contributed by atoms with Crippen molar-refractivity contribution in [2.45, 2.75) is 20.3 Å². The van der Waals surface area contributed by atoms with Gasteiger partial charge in [-0.15, -0.1) is 0 Å². The van der Waals surface area contributed by atoms with Crippen LogP contribution in [0.5, 0.6) is 0 Å². The molecule has 1 atom stereocenters. The molecule has 1 aromatic carbocycles. The summed E-state index contributed by atoms with van der Waals surface area (Å²) in [7, 11) is 1.36. The van der Waals surface area contributed by atoms with E-state index in [1.165, 1.54) is 7.11 Å². The molecule has 2 rings (SSSR count). The Bertz CT molecular complexity index is 576. The molecule has 1 saturated heterocycles. The molecule has 1 heterocycles. The van der Waals surface area contributed by atoms with Gasteiger partial charge >= 0.3 is 12.0 Å². The van der Waals surface area contributed by atoms with Crippen LogP contribution in [0.15, 0.2) is 18.2 Å². The fourth-order valence-electron chi connectivity index (χ4n) is 2.49. The molecule has 0 radical (unpaired) electrons. The minimum atomic E-state index is -0.636. The van der Waals surface area contributed by atoms with Crippen molar-refractivity contribution in [2.24, 2.45) is 5.41 Å². The molecule has 1 aromatic rings. The van der Waals surface area contributed by atoms with Crippen LogP contribution in [0.25, 0.3) is 0 Å². The quantitative estimate of drug-likeness (QED) is 0.854. The zero-order chi connectivity index (χ0) is 15.6. The lowest BCUT2D eigenvalue weighted by molar-refractivity contribution is -0.150. The van der Waals surface area contributed by atoms with Gasteiger partial charge in [-0.2, -0.15) is 0 Å². The maximum Gasteiger partial charge on any atom is 0.321 e. The Morgan fingerprint density at radius 3 is 2.81 bits per heavy atom. The maximum atomic E-state index is 12.3. The Balaban J connectivity index is 2.06. The van der Waals surface area contributed by atoms with Gasteiger partial charge in [0.15, 0.2) is 0 Å². The van der Waals surface area contributed by atoms with Crippen molar-refractivity contribution in [3.05, 3.63) is 28.8 Å². The Morgan fingerprint density at radius 2 is 2.14 bits per heavy atom. The standard InChI is InChI=1S/C15H19ClN2O3/c1-10-5-4-6-11(12(10)16)17-14(20)18-8-7-15(2,9-18)13(19)21-3/h4-6H,7-9H2,1-3H3,(H,17,20). The van der Waals surface area contributed by atoms with E-state index in [1.54, 1.807) is 11.0 Å². The number of benzene rings is 1. The number of aryl methyl sites for hydroxylation is 1. The fourth-order valence-corrected chi connectivity index (χ4v) is 2.66. The van der Waals surface area contributed by atoms with Crippen molar-refractivity contribution in [1.29, 1.82) is 0 Å². The third-order valence-corrected chi connectivity index (χ3v) is 4.37. The molecule has 2 amide bonds. The van der Waals surface area contributed by atoms with Crippen molar-refractivity contribution < 1.29 is 14.3 Å². The summed E-state index contributed by atoms with van der Waals surface area (Å²) in [5.41, 5.74) is 0.839. The second-order valence-electron chi connectivity index (χ2n) is 5.59. The smallest absolute Gasteiger partial charge is 0.321 e. The number of urea groups is 1. The first kappa shape index (κ1) is 15.6. The van der Waals surface area contributed by atoms with Gasteiger partial charge < -0.3 is 15.0 Å². The average molecular weight is 311 g/mol. The molecule has 0 saturated carbocycles. The number of halogens is 1. The SMILES string of the molecule is COC(=O)C1(C)CCN(C(=O)Nc2cccc(C)c2Cl)C1. The largest absolute Gasteiger partial charge is 0.469 e. The molecule has 0 bridgehead atoms. The van der Waals surface area contributed by atoms with E-state index in [9.17, 15) is 9.59 Å². The summed E-state index contributed by atoms with van der Waals surface area (Å²) in [4.78, 5) is 25.6. The Labute approximate surface area is 129 Å². The summed E-state index contributed by atoms with van der Waals surface area (Å²) >= 11 is 6.17. The van der Waals surface area contributed by atoms with Gasteiger partial charge in [0.25, 0.3) is 0 Å². The van der Waals surface area contributed by atoms with E-state index in [4.69, 9.17) is 16.3 Å². The van der Waals surface area contributed by atoms with Crippen LogP contribution in [0.4, 0.5) is 10.5 Å². The second kappa shape index (κ2) is 5.93. The predicted octanol–water partition coefficient (Wildman–Crippen LogP) is 3.07. The first-order valence-corrected chi connectivity index (χ1v) is 7.14. The molecule has 1 aliphatic heterocycles. The molecule has 0 spiro atoms. The number of likely N-dealkylation sites (tertiary alicyclic amines) is 1. The topological polar surface area (TPSA) is 58.6 Å². The number of anilines is 1. The van der Waals surface area contributed by atoms with Gasteiger partial charge in [-0.1, -0.05) is 23.7 Å². The minimum Gasteiger partial charge on any atom is -0.469 e. The number of ether oxygens (including phenoxy) is 1. The van der Waals surface area contributed by atoms with E-state index < -0.39 is 5.41 Å². The van der Waals surface area contributed by atoms with Gasteiger partial charge in [0.2, 0.25) is 0 Å². The highest BCUT2D eigenvalue weighted by Crippen LogP contribution is 2.32. The van der Waals surface area contributed by atoms with Gasteiger partial charge in [0, 0.05) is 13.1 Å². The molecule has 5 nitrogen and oxygen atoms in total. The highest BCUT2D eigenvalue weighted by Gasteiger charge is 2.43. The Hall–Kier alpha value is -1.75. The van der Waals surface area contributed by atoms with E-state index in [0.29, 0.717) is 30.2 Å². The number of rotatable bonds is 2. The van der Waals surface area contributed by atoms with E-state index in [1.807, 2.05) is 26.0 Å². The van der Waals surface area contributed by atoms with Gasteiger partial charge in [-0.25, -0.2) is 4.79 Å². The average Bonchev–Trinajstić information content (AvgIpc) is 2.87. The highest BCUT2D eigenvalue weighted by atomic mass is 35.5. The summed E-state index contributed by atoms with van der Waals surface area (Å²) in [5, 5.41) is 3.32. The number of methoxy groups -OCH3 is 1. The number of hydrogen-bond acceptors (Lipinski definition) is 3. The lowest BCUT2D eigenvalue weighted by Crippen LogP contribution is -2.37. The molecule has 114 valence electrons. The molecule has 1 N–H and O–H groups in total. The third-order valence-electron chi connectivity index (χ3n) is 3.87. The zero-order valence-electron chi connectivity index (χ0n) is 12.4. The number of carbonyl (C=O) groups is 2. The van der Waals surface area contributed by atoms with Gasteiger partial charge in [-0.05, 0) is 31.9 Å². The van der Waals surface area contributed by atoms with Crippen LogP contribution in [0.1, 0.15) is 18.9 Å². The van der Waals surface area contributed by atoms with Crippen molar-refractivity contribution in [2.75, 3.05) is 25.5 Å². The molecular weight excluding hydrogens is 292 g/mol. The second-order valence-corrected chi connectivity index (χ2v) is 5.97. The molecule has 6 heteroatoms. The van der Waals surface area contributed by atoms with Crippen molar-refractivity contribution >= 4 is 29.3 Å². The first-order valence-electron chi connectivity index (χ1n) is 6.77. The van der Waals surface area contributed by atoms with E-state index in [0.717, 1.165) is 5.56 Å². The fraction of sp³-hybridized carbons (Fsp3) is 0.467. The number of carbonyl (C=O) groups excluding carboxylic acids is 2. The highest BCUT2D eigenvalue weighted by molar-refractivity contribution is 6.34.